The molecule has 8 heteroatoms. The molecule has 0 saturated heterocycles. The van der Waals surface area contributed by atoms with Crippen molar-refractivity contribution in [2.75, 3.05) is 17.7 Å². The third-order valence-corrected chi connectivity index (χ3v) is 4.42. The lowest BCUT2D eigenvalue weighted by Gasteiger charge is -2.14. The second-order valence-corrected chi connectivity index (χ2v) is 6.73. The van der Waals surface area contributed by atoms with Crippen LogP contribution in [0.2, 0.25) is 5.02 Å². The standard InChI is InChI=1S/C20H23ClN6O/c1-4-9-27-19(10-13(2)26-27)25-18-11-17(15(21)12-23-18)24-16-8-6-5-7-14(16)20(28)22-3/h5-8,10-12H,4,9H2,1-3H3,(H,22,28)(H2,23,24,25). The number of carbonyl (C=O) groups is 1. The molecule has 3 aromatic rings. The number of hydrogen-bond donors (Lipinski definition) is 3. The van der Waals surface area contributed by atoms with Gasteiger partial charge >= 0.3 is 0 Å². The molecule has 3 rings (SSSR count). The largest absolute Gasteiger partial charge is 0.355 e. The highest BCUT2D eigenvalue weighted by Gasteiger charge is 2.12. The monoisotopic (exact) mass is 398 g/mol. The highest BCUT2D eigenvalue weighted by Crippen LogP contribution is 2.29. The number of carbonyl (C=O) groups excluding carboxylic acids is 1. The molecule has 1 amide bonds. The van der Waals surface area contributed by atoms with Crippen molar-refractivity contribution in [3.05, 3.63) is 58.9 Å². The molecular formula is C20H23ClN6O. The van der Waals surface area contributed by atoms with Crippen LogP contribution in [0.3, 0.4) is 0 Å². The number of benzene rings is 1. The zero-order chi connectivity index (χ0) is 20.1. The van der Waals surface area contributed by atoms with Crippen molar-refractivity contribution < 1.29 is 4.79 Å². The summed E-state index contributed by atoms with van der Waals surface area (Å²) in [5.41, 5.74) is 2.77. The Morgan fingerprint density at radius 1 is 1.18 bits per heavy atom. The molecule has 3 N–H and O–H groups in total. The van der Waals surface area contributed by atoms with Crippen molar-refractivity contribution >= 4 is 40.5 Å². The van der Waals surface area contributed by atoms with Gasteiger partial charge < -0.3 is 16.0 Å². The maximum atomic E-state index is 12.1. The van der Waals surface area contributed by atoms with Crippen molar-refractivity contribution in [1.82, 2.24) is 20.1 Å². The van der Waals surface area contributed by atoms with Crippen LogP contribution in [0.1, 0.15) is 29.4 Å². The second kappa shape index (κ2) is 8.75. The molecule has 0 fully saturated rings. The van der Waals surface area contributed by atoms with E-state index in [0.717, 1.165) is 24.5 Å². The van der Waals surface area contributed by atoms with Gasteiger partial charge in [0.05, 0.1) is 33.9 Å². The lowest BCUT2D eigenvalue weighted by molar-refractivity contribution is 0.0964. The Kier molecular flexibility index (Phi) is 6.16. The highest BCUT2D eigenvalue weighted by molar-refractivity contribution is 6.33. The highest BCUT2D eigenvalue weighted by atomic mass is 35.5. The molecule has 2 heterocycles. The fraction of sp³-hybridized carbons (Fsp3) is 0.250. The minimum absolute atomic E-state index is 0.175. The van der Waals surface area contributed by atoms with Crippen LogP contribution >= 0.6 is 11.6 Å². The lowest BCUT2D eigenvalue weighted by atomic mass is 10.1. The van der Waals surface area contributed by atoms with Gasteiger partial charge in [-0.2, -0.15) is 5.10 Å². The summed E-state index contributed by atoms with van der Waals surface area (Å²) in [4.78, 5) is 16.5. The third-order valence-electron chi connectivity index (χ3n) is 4.12. The first-order valence-electron chi connectivity index (χ1n) is 9.07. The molecule has 0 saturated carbocycles. The molecule has 0 bridgehead atoms. The molecule has 2 aromatic heterocycles. The molecule has 7 nitrogen and oxygen atoms in total. The summed E-state index contributed by atoms with van der Waals surface area (Å²) >= 11 is 6.33. The van der Waals surface area contributed by atoms with E-state index < -0.39 is 0 Å². The summed E-state index contributed by atoms with van der Waals surface area (Å²) in [5, 5.41) is 14.1. The first kappa shape index (κ1) is 19.7. The van der Waals surface area contributed by atoms with Gasteiger partial charge in [-0.1, -0.05) is 30.7 Å². The van der Waals surface area contributed by atoms with E-state index in [9.17, 15) is 4.79 Å². The summed E-state index contributed by atoms with van der Waals surface area (Å²) in [7, 11) is 1.60. The quantitative estimate of drug-likeness (QED) is 0.545. The van der Waals surface area contributed by atoms with Gasteiger partial charge in [0.2, 0.25) is 0 Å². The summed E-state index contributed by atoms with van der Waals surface area (Å²) < 4.78 is 1.92. The van der Waals surface area contributed by atoms with Gasteiger partial charge in [0, 0.05) is 25.7 Å². The average molecular weight is 399 g/mol. The van der Waals surface area contributed by atoms with E-state index in [4.69, 9.17) is 11.6 Å². The predicted molar refractivity (Wildman–Crippen MR) is 113 cm³/mol. The Balaban J connectivity index is 1.88. The molecule has 0 spiro atoms. The van der Waals surface area contributed by atoms with Gasteiger partial charge in [-0.25, -0.2) is 9.67 Å². The summed E-state index contributed by atoms with van der Waals surface area (Å²) in [6, 6.07) is 11.0. The maximum absolute atomic E-state index is 12.1. The van der Waals surface area contributed by atoms with Crippen molar-refractivity contribution in [3.63, 3.8) is 0 Å². The van der Waals surface area contributed by atoms with Crippen LogP contribution in [0, 0.1) is 6.92 Å². The minimum Gasteiger partial charge on any atom is -0.355 e. The van der Waals surface area contributed by atoms with Gasteiger partial charge in [0.15, 0.2) is 0 Å². The zero-order valence-corrected chi connectivity index (χ0v) is 16.8. The van der Waals surface area contributed by atoms with E-state index in [1.165, 1.54) is 0 Å². The van der Waals surface area contributed by atoms with E-state index in [1.807, 2.05) is 41.9 Å². The van der Waals surface area contributed by atoms with Gasteiger partial charge in [-0.3, -0.25) is 4.79 Å². The van der Waals surface area contributed by atoms with Gasteiger partial charge in [-0.05, 0) is 25.5 Å². The Morgan fingerprint density at radius 2 is 1.96 bits per heavy atom. The molecule has 0 radical (unpaired) electrons. The molecule has 0 aliphatic carbocycles. The number of nitrogens with one attached hydrogen (secondary N) is 3. The Bertz CT molecular complexity index is 985. The fourth-order valence-corrected chi connectivity index (χ4v) is 2.98. The minimum atomic E-state index is -0.175. The Hall–Kier alpha value is -3.06. The number of nitrogens with zero attached hydrogens (tertiary/aromatic N) is 3. The lowest BCUT2D eigenvalue weighted by Crippen LogP contribution is -2.19. The van der Waals surface area contributed by atoms with Crippen LogP contribution in [0.25, 0.3) is 0 Å². The first-order valence-corrected chi connectivity index (χ1v) is 9.44. The molecule has 28 heavy (non-hydrogen) atoms. The molecule has 146 valence electrons. The zero-order valence-electron chi connectivity index (χ0n) is 16.1. The topological polar surface area (TPSA) is 83.9 Å². The van der Waals surface area contributed by atoms with E-state index in [1.54, 1.807) is 19.3 Å². The summed E-state index contributed by atoms with van der Waals surface area (Å²) in [6.07, 6.45) is 2.55. The van der Waals surface area contributed by atoms with E-state index in [0.29, 0.717) is 27.8 Å². The molecule has 1 aromatic carbocycles. The van der Waals surface area contributed by atoms with Gasteiger partial charge in [0.1, 0.15) is 11.6 Å². The number of anilines is 4. The van der Waals surface area contributed by atoms with Crippen molar-refractivity contribution in [1.29, 1.82) is 0 Å². The number of rotatable bonds is 7. The maximum Gasteiger partial charge on any atom is 0.253 e. The first-order chi connectivity index (χ1) is 13.5. The number of pyridine rings is 1. The van der Waals surface area contributed by atoms with Crippen LogP contribution in [-0.4, -0.2) is 27.7 Å². The fourth-order valence-electron chi connectivity index (χ4n) is 2.83. The van der Waals surface area contributed by atoms with Gasteiger partial charge in [0.25, 0.3) is 5.91 Å². The predicted octanol–water partition coefficient (Wildman–Crippen LogP) is 4.50. The molecule has 0 aliphatic heterocycles. The van der Waals surface area contributed by atoms with E-state index >= 15 is 0 Å². The van der Waals surface area contributed by atoms with Gasteiger partial charge in [-0.15, -0.1) is 0 Å². The number of aryl methyl sites for hydroxylation is 2. The second-order valence-electron chi connectivity index (χ2n) is 6.32. The summed E-state index contributed by atoms with van der Waals surface area (Å²) in [5.74, 6) is 1.32. The molecule has 0 atom stereocenters. The number of halogens is 1. The molecule has 0 unspecified atom stereocenters. The van der Waals surface area contributed by atoms with Crippen LogP contribution in [0.15, 0.2) is 42.6 Å². The average Bonchev–Trinajstić information content (AvgIpc) is 3.03. The van der Waals surface area contributed by atoms with E-state index in [-0.39, 0.29) is 5.91 Å². The number of amides is 1. The van der Waals surface area contributed by atoms with Crippen LogP contribution < -0.4 is 16.0 Å². The van der Waals surface area contributed by atoms with E-state index in [2.05, 4.69) is 33.0 Å². The number of hydrogen-bond acceptors (Lipinski definition) is 5. The smallest absolute Gasteiger partial charge is 0.253 e. The number of para-hydroxylation sites is 1. The van der Waals surface area contributed by atoms with Crippen LogP contribution in [0.4, 0.5) is 23.0 Å². The third kappa shape index (κ3) is 4.43. The van der Waals surface area contributed by atoms with Crippen LogP contribution in [0.5, 0.6) is 0 Å². The Labute approximate surface area is 169 Å². The van der Waals surface area contributed by atoms with Crippen LogP contribution in [-0.2, 0) is 6.54 Å². The van der Waals surface area contributed by atoms with Crippen molar-refractivity contribution in [2.45, 2.75) is 26.8 Å². The van der Waals surface area contributed by atoms with Crippen molar-refractivity contribution in [3.8, 4) is 0 Å². The molecular weight excluding hydrogens is 376 g/mol. The number of aromatic nitrogens is 3. The Morgan fingerprint density at radius 3 is 2.71 bits per heavy atom. The SMILES string of the molecule is CCCn1nc(C)cc1Nc1cc(Nc2ccccc2C(=O)NC)c(Cl)cn1. The summed E-state index contributed by atoms with van der Waals surface area (Å²) in [6.45, 7) is 4.87. The molecule has 0 aliphatic rings. The van der Waals surface area contributed by atoms with Crippen molar-refractivity contribution in [2.24, 2.45) is 0 Å². The normalized spacial score (nSPS) is 10.6.